The van der Waals surface area contributed by atoms with Crippen LogP contribution in [0.4, 0.5) is 0 Å². The topological polar surface area (TPSA) is 51.6 Å². The molecule has 4 aromatic heterocycles. The SMILES string of the molecule is c1cncc(-c2cccc(-c3ccc4ccc5c(ccc6cccnc65)c4n3)n2)c1. The Morgan fingerprint density at radius 3 is 2.10 bits per heavy atom. The maximum absolute atomic E-state index is 5.01. The molecule has 4 heteroatoms. The minimum atomic E-state index is 0.842. The quantitative estimate of drug-likeness (QED) is 0.341. The van der Waals surface area contributed by atoms with E-state index in [9.17, 15) is 0 Å². The van der Waals surface area contributed by atoms with Gasteiger partial charge in [0, 0.05) is 45.7 Å². The van der Waals surface area contributed by atoms with E-state index in [0.29, 0.717) is 0 Å². The molecule has 0 fully saturated rings. The molecule has 0 N–H and O–H groups in total. The van der Waals surface area contributed by atoms with E-state index in [0.717, 1.165) is 55.2 Å². The van der Waals surface area contributed by atoms with Crippen molar-refractivity contribution in [3.05, 3.63) is 97.5 Å². The molecule has 0 aliphatic carbocycles. The highest BCUT2D eigenvalue weighted by molar-refractivity contribution is 6.14. The maximum Gasteiger partial charge on any atom is 0.0894 e. The van der Waals surface area contributed by atoms with E-state index in [1.54, 1.807) is 6.20 Å². The van der Waals surface area contributed by atoms with Crippen molar-refractivity contribution in [2.75, 3.05) is 0 Å². The summed E-state index contributed by atoms with van der Waals surface area (Å²) < 4.78 is 0. The third kappa shape index (κ3) is 2.70. The Morgan fingerprint density at radius 1 is 0.500 bits per heavy atom. The smallest absolute Gasteiger partial charge is 0.0894 e. The first kappa shape index (κ1) is 16.7. The number of pyridine rings is 4. The molecule has 0 saturated heterocycles. The van der Waals surface area contributed by atoms with E-state index in [1.807, 2.05) is 54.9 Å². The van der Waals surface area contributed by atoms with Crippen molar-refractivity contribution in [1.29, 1.82) is 0 Å². The number of benzene rings is 2. The number of hydrogen-bond acceptors (Lipinski definition) is 4. The van der Waals surface area contributed by atoms with Crippen LogP contribution >= 0.6 is 0 Å². The van der Waals surface area contributed by atoms with Crippen LogP contribution < -0.4 is 0 Å². The second kappa shape index (κ2) is 6.71. The molecule has 6 aromatic rings. The van der Waals surface area contributed by atoms with E-state index in [2.05, 4.69) is 46.4 Å². The van der Waals surface area contributed by atoms with Gasteiger partial charge in [0.05, 0.1) is 28.1 Å². The van der Waals surface area contributed by atoms with Crippen molar-refractivity contribution in [3.63, 3.8) is 0 Å². The Balaban J connectivity index is 1.56. The molecule has 30 heavy (non-hydrogen) atoms. The second-order valence-corrected chi connectivity index (χ2v) is 7.22. The lowest BCUT2D eigenvalue weighted by molar-refractivity contribution is 1.26. The van der Waals surface area contributed by atoms with Crippen LogP contribution in [0, 0.1) is 0 Å². The van der Waals surface area contributed by atoms with Crippen molar-refractivity contribution in [2.45, 2.75) is 0 Å². The molecule has 6 rings (SSSR count). The first-order chi connectivity index (χ1) is 14.9. The van der Waals surface area contributed by atoms with Crippen LogP contribution in [-0.2, 0) is 0 Å². The molecule has 0 aliphatic heterocycles. The molecule has 2 aromatic carbocycles. The number of aromatic nitrogens is 4. The fourth-order valence-corrected chi connectivity index (χ4v) is 3.93. The van der Waals surface area contributed by atoms with E-state index in [4.69, 9.17) is 9.97 Å². The Morgan fingerprint density at radius 2 is 1.23 bits per heavy atom. The van der Waals surface area contributed by atoms with Crippen LogP contribution in [0.25, 0.3) is 55.2 Å². The standard InChI is InChI=1S/C26H16N4/c1-6-22(19-5-2-14-27-16-19)29-23(7-1)24-13-10-18-9-11-20-21(26(18)30-24)12-8-17-4-3-15-28-25(17)20/h1-16H. The lowest BCUT2D eigenvalue weighted by Gasteiger charge is -2.09. The first-order valence-corrected chi connectivity index (χ1v) is 9.82. The molecule has 4 heterocycles. The van der Waals surface area contributed by atoms with E-state index >= 15 is 0 Å². The van der Waals surface area contributed by atoms with Crippen LogP contribution in [0.15, 0.2) is 97.5 Å². The van der Waals surface area contributed by atoms with E-state index < -0.39 is 0 Å². The Hall–Kier alpha value is -4.18. The van der Waals surface area contributed by atoms with Gasteiger partial charge in [-0.3, -0.25) is 9.97 Å². The van der Waals surface area contributed by atoms with Gasteiger partial charge in [0.15, 0.2) is 0 Å². The van der Waals surface area contributed by atoms with Crippen LogP contribution in [-0.4, -0.2) is 19.9 Å². The van der Waals surface area contributed by atoms with Crippen molar-refractivity contribution in [3.8, 4) is 22.6 Å². The molecule has 0 amide bonds. The molecule has 0 unspecified atom stereocenters. The zero-order chi connectivity index (χ0) is 19.9. The average molecular weight is 384 g/mol. The zero-order valence-electron chi connectivity index (χ0n) is 16.0. The third-order valence-corrected chi connectivity index (χ3v) is 5.39. The van der Waals surface area contributed by atoms with Gasteiger partial charge in [-0.1, -0.05) is 42.5 Å². The fraction of sp³-hybridized carbons (Fsp3) is 0. The average Bonchev–Trinajstić information content (AvgIpc) is 2.84. The summed E-state index contributed by atoms with van der Waals surface area (Å²) in [6, 6.07) is 26.6. The Labute approximate surface area is 172 Å². The highest BCUT2D eigenvalue weighted by Gasteiger charge is 2.10. The predicted molar refractivity (Wildman–Crippen MR) is 121 cm³/mol. The number of rotatable bonds is 2. The largest absolute Gasteiger partial charge is 0.264 e. The van der Waals surface area contributed by atoms with Crippen molar-refractivity contribution < 1.29 is 0 Å². The molecular weight excluding hydrogens is 368 g/mol. The minimum absolute atomic E-state index is 0.842. The maximum atomic E-state index is 5.01. The normalized spacial score (nSPS) is 11.3. The van der Waals surface area contributed by atoms with Gasteiger partial charge in [0.25, 0.3) is 0 Å². The molecule has 0 spiro atoms. The third-order valence-electron chi connectivity index (χ3n) is 5.39. The van der Waals surface area contributed by atoms with Crippen LogP contribution in [0.5, 0.6) is 0 Å². The molecule has 140 valence electrons. The fourth-order valence-electron chi connectivity index (χ4n) is 3.93. The second-order valence-electron chi connectivity index (χ2n) is 7.22. The summed E-state index contributed by atoms with van der Waals surface area (Å²) in [5.74, 6) is 0. The van der Waals surface area contributed by atoms with E-state index in [-0.39, 0.29) is 0 Å². The molecule has 0 atom stereocenters. The number of hydrogen-bond donors (Lipinski definition) is 0. The monoisotopic (exact) mass is 384 g/mol. The van der Waals surface area contributed by atoms with Crippen molar-refractivity contribution in [2.24, 2.45) is 0 Å². The van der Waals surface area contributed by atoms with Gasteiger partial charge in [0.2, 0.25) is 0 Å². The van der Waals surface area contributed by atoms with Gasteiger partial charge in [-0.05, 0) is 36.4 Å². The molecular formula is C26H16N4. The summed E-state index contributed by atoms with van der Waals surface area (Å²) in [5, 5.41) is 4.45. The van der Waals surface area contributed by atoms with Crippen molar-refractivity contribution >= 4 is 32.6 Å². The summed E-state index contributed by atoms with van der Waals surface area (Å²) in [7, 11) is 0. The first-order valence-electron chi connectivity index (χ1n) is 9.82. The summed E-state index contributed by atoms with van der Waals surface area (Å²) >= 11 is 0. The highest BCUT2D eigenvalue weighted by atomic mass is 14.8. The summed E-state index contributed by atoms with van der Waals surface area (Å²) in [5.41, 5.74) is 5.53. The number of fused-ring (bicyclic) bond motifs is 5. The van der Waals surface area contributed by atoms with E-state index in [1.165, 1.54) is 0 Å². The van der Waals surface area contributed by atoms with Gasteiger partial charge in [-0.2, -0.15) is 0 Å². The molecule has 0 aliphatic rings. The Bertz CT molecular complexity index is 1540. The molecule has 0 saturated carbocycles. The van der Waals surface area contributed by atoms with Crippen LogP contribution in [0.2, 0.25) is 0 Å². The van der Waals surface area contributed by atoms with Gasteiger partial charge >= 0.3 is 0 Å². The molecule has 0 radical (unpaired) electrons. The lowest BCUT2D eigenvalue weighted by Crippen LogP contribution is -1.92. The molecule has 0 bridgehead atoms. The van der Waals surface area contributed by atoms with Crippen molar-refractivity contribution in [1.82, 2.24) is 19.9 Å². The predicted octanol–water partition coefficient (Wildman–Crippen LogP) is 6.06. The lowest BCUT2D eigenvalue weighted by atomic mass is 10.0. The van der Waals surface area contributed by atoms with Crippen LogP contribution in [0.1, 0.15) is 0 Å². The zero-order valence-corrected chi connectivity index (χ0v) is 16.0. The summed E-state index contributed by atoms with van der Waals surface area (Å²) in [4.78, 5) is 18.6. The summed E-state index contributed by atoms with van der Waals surface area (Å²) in [6.45, 7) is 0. The van der Waals surface area contributed by atoms with Gasteiger partial charge < -0.3 is 0 Å². The number of nitrogens with zero attached hydrogens (tertiary/aromatic N) is 4. The Kier molecular flexibility index (Phi) is 3.74. The minimum Gasteiger partial charge on any atom is -0.264 e. The van der Waals surface area contributed by atoms with Gasteiger partial charge in [-0.25, -0.2) is 9.97 Å². The molecule has 4 nitrogen and oxygen atoms in total. The van der Waals surface area contributed by atoms with Gasteiger partial charge in [-0.15, -0.1) is 0 Å². The van der Waals surface area contributed by atoms with Gasteiger partial charge in [0.1, 0.15) is 0 Å². The van der Waals surface area contributed by atoms with Crippen LogP contribution in [0.3, 0.4) is 0 Å². The highest BCUT2D eigenvalue weighted by Crippen LogP contribution is 2.31. The summed E-state index contributed by atoms with van der Waals surface area (Å²) in [6.07, 6.45) is 5.43.